The molecule has 27 heavy (non-hydrogen) atoms. The lowest BCUT2D eigenvalue weighted by molar-refractivity contribution is -0.129. The van der Waals surface area contributed by atoms with Crippen molar-refractivity contribution >= 4 is 11.8 Å². The molecule has 0 fully saturated rings. The lowest BCUT2D eigenvalue weighted by Gasteiger charge is -2.08. The Balaban J connectivity index is 1.43. The molecule has 0 spiro atoms. The molecule has 0 aliphatic carbocycles. The Morgan fingerprint density at radius 1 is 1.00 bits per heavy atom. The largest absolute Gasteiger partial charge is 0.339 e. The molecule has 0 bridgehead atoms. The fourth-order valence-electron chi connectivity index (χ4n) is 2.27. The van der Waals surface area contributed by atoms with E-state index in [1.807, 2.05) is 30.3 Å². The van der Waals surface area contributed by atoms with Crippen LogP contribution >= 0.6 is 0 Å². The van der Waals surface area contributed by atoms with Gasteiger partial charge in [-0.05, 0) is 6.07 Å². The van der Waals surface area contributed by atoms with Crippen LogP contribution in [-0.4, -0.2) is 26.5 Å². The maximum Gasteiger partial charge on any atom is 0.258 e. The van der Waals surface area contributed by atoms with Crippen LogP contribution in [0.25, 0.3) is 11.4 Å². The van der Waals surface area contributed by atoms with Crippen molar-refractivity contribution in [2.45, 2.75) is 19.4 Å². The number of carbonyl (C=O) groups excluding carboxylic acids is 2. The van der Waals surface area contributed by atoms with E-state index in [0.29, 0.717) is 11.7 Å². The first-order valence-corrected chi connectivity index (χ1v) is 8.23. The topological polar surface area (TPSA) is 119 Å². The van der Waals surface area contributed by atoms with Gasteiger partial charge in [0.1, 0.15) is 6.54 Å². The predicted molar refractivity (Wildman–Crippen MR) is 95.0 cm³/mol. The summed E-state index contributed by atoms with van der Waals surface area (Å²) in [5.41, 5.74) is 5.07. The summed E-state index contributed by atoms with van der Waals surface area (Å²) in [6, 6.07) is 13.9. The maximum absolute atomic E-state index is 11.8. The van der Waals surface area contributed by atoms with Gasteiger partial charge in [-0.3, -0.25) is 25.2 Å². The van der Waals surface area contributed by atoms with Crippen LogP contribution in [-0.2, 0) is 22.6 Å². The van der Waals surface area contributed by atoms with Crippen molar-refractivity contribution in [1.82, 2.24) is 25.6 Å². The van der Waals surface area contributed by atoms with Crippen LogP contribution in [0.3, 0.4) is 0 Å². The van der Waals surface area contributed by atoms with Gasteiger partial charge in [-0.25, -0.2) is 0 Å². The fraction of sp³-hybridized carbons (Fsp3) is 0.167. The van der Waals surface area contributed by atoms with Gasteiger partial charge >= 0.3 is 0 Å². The van der Waals surface area contributed by atoms with Gasteiger partial charge in [-0.1, -0.05) is 41.6 Å². The van der Waals surface area contributed by atoms with E-state index in [2.05, 4.69) is 21.0 Å². The highest BCUT2D eigenvalue weighted by molar-refractivity contribution is 5.81. The molecule has 0 aliphatic rings. The number of carbonyl (C=O) groups is 2. The fourth-order valence-corrected chi connectivity index (χ4v) is 2.27. The third kappa shape index (κ3) is 5.11. The van der Waals surface area contributed by atoms with Crippen molar-refractivity contribution in [3.63, 3.8) is 0 Å². The first-order chi connectivity index (χ1) is 13.1. The Kier molecular flexibility index (Phi) is 5.73. The minimum absolute atomic E-state index is 0.0575. The Labute approximate surface area is 154 Å². The molecule has 0 saturated carbocycles. The number of amides is 2. The molecule has 2 aromatic heterocycles. The highest BCUT2D eigenvalue weighted by atomic mass is 16.5. The standard InChI is InChI=1S/C18H17N5O4/c24-14(20-21-15(25)12-23-11-5-4-8-17(23)26)9-10-16-19-18(22-27-16)13-6-2-1-3-7-13/h1-8,11H,9-10,12H2,(H,20,24)(H,21,25). The molecule has 138 valence electrons. The second-order valence-electron chi connectivity index (χ2n) is 5.64. The Morgan fingerprint density at radius 2 is 1.74 bits per heavy atom. The van der Waals surface area contributed by atoms with Gasteiger partial charge < -0.3 is 9.09 Å². The number of hydrogen-bond donors (Lipinski definition) is 2. The summed E-state index contributed by atoms with van der Waals surface area (Å²) in [5.74, 6) is -0.150. The summed E-state index contributed by atoms with van der Waals surface area (Å²) < 4.78 is 6.35. The van der Waals surface area contributed by atoms with E-state index < -0.39 is 11.8 Å². The zero-order chi connectivity index (χ0) is 19.1. The minimum atomic E-state index is -0.513. The highest BCUT2D eigenvalue weighted by Gasteiger charge is 2.11. The molecule has 3 rings (SSSR count). The summed E-state index contributed by atoms with van der Waals surface area (Å²) in [5, 5.41) is 3.87. The molecule has 0 atom stereocenters. The van der Waals surface area contributed by atoms with Crippen LogP contribution in [0, 0.1) is 0 Å². The molecule has 0 radical (unpaired) electrons. The van der Waals surface area contributed by atoms with Gasteiger partial charge in [0, 0.05) is 30.7 Å². The normalized spacial score (nSPS) is 10.4. The van der Waals surface area contributed by atoms with Gasteiger partial charge in [0.2, 0.25) is 17.6 Å². The molecule has 2 heterocycles. The SMILES string of the molecule is O=C(CCc1nc(-c2ccccc2)no1)NNC(=O)Cn1ccccc1=O. The summed E-state index contributed by atoms with van der Waals surface area (Å²) in [7, 11) is 0. The van der Waals surface area contributed by atoms with Gasteiger partial charge in [-0.2, -0.15) is 4.98 Å². The van der Waals surface area contributed by atoms with Gasteiger partial charge in [0.25, 0.3) is 11.5 Å². The molecule has 2 amide bonds. The van der Waals surface area contributed by atoms with Gasteiger partial charge in [-0.15, -0.1) is 0 Å². The van der Waals surface area contributed by atoms with Crippen molar-refractivity contribution in [1.29, 1.82) is 0 Å². The summed E-state index contributed by atoms with van der Waals surface area (Å²) in [4.78, 5) is 39.4. The Hall–Kier alpha value is -3.75. The number of pyridine rings is 1. The number of benzene rings is 1. The predicted octanol–water partition coefficient (Wildman–Crippen LogP) is 0.678. The van der Waals surface area contributed by atoms with Gasteiger partial charge in [0.15, 0.2) is 0 Å². The second kappa shape index (κ2) is 8.56. The smallest absolute Gasteiger partial charge is 0.258 e. The van der Waals surface area contributed by atoms with Crippen LogP contribution in [0.15, 0.2) is 64.0 Å². The average molecular weight is 367 g/mol. The quantitative estimate of drug-likeness (QED) is 0.618. The summed E-state index contributed by atoms with van der Waals surface area (Å²) in [6.45, 7) is -0.190. The van der Waals surface area contributed by atoms with Crippen LogP contribution in [0.5, 0.6) is 0 Å². The van der Waals surface area contributed by atoms with Crippen LogP contribution in [0.1, 0.15) is 12.3 Å². The third-order valence-electron chi connectivity index (χ3n) is 3.62. The molecule has 0 saturated heterocycles. The molecule has 3 aromatic rings. The molecule has 9 nitrogen and oxygen atoms in total. The average Bonchev–Trinajstić information content (AvgIpc) is 3.16. The molecule has 0 aliphatic heterocycles. The highest BCUT2D eigenvalue weighted by Crippen LogP contribution is 2.15. The van der Waals surface area contributed by atoms with Crippen molar-refractivity contribution in [3.05, 3.63) is 71.0 Å². The van der Waals surface area contributed by atoms with E-state index in [9.17, 15) is 14.4 Å². The number of hydrazine groups is 1. The van der Waals surface area contributed by atoms with Crippen molar-refractivity contribution in [3.8, 4) is 11.4 Å². The first kappa shape index (κ1) is 18.1. The zero-order valence-electron chi connectivity index (χ0n) is 14.3. The van der Waals surface area contributed by atoms with E-state index in [0.717, 1.165) is 5.56 Å². The molecule has 1 aromatic carbocycles. The van der Waals surface area contributed by atoms with E-state index >= 15 is 0 Å². The van der Waals surface area contributed by atoms with Gasteiger partial charge in [0.05, 0.1) is 0 Å². The second-order valence-corrected chi connectivity index (χ2v) is 5.64. The monoisotopic (exact) mass is 367 g/mol. The van der Waals surface area contributed by atoms with E-state index in [1.165, 1.54) is 16.8 Å². The van der Waals surface area contributed by atoms with E-state index in [4.69, 9.17) is 4.52 Å². The number of rotatable bonds is 6. The van der Waals surface area contributed by atoms with Crippen LogP contribution in [0.2, 0.25) is 0 Å². The van der Waals surface area contributed by atoms with Crippen LogP contribution in [0.4, 0.5) is 0 Å². The van der Waals surface area contributed by atoms with Crippen molar-refractivity contribution in [2.24, 2.45) is 0 Å². The number of nitrogens with one attached hydrogen (secondary N) is 2. The maximum atomic E-state index is 11.8. The molecule has 0 unspecified atom stereocenters. The van der Waals surface area contributed by atoms with E-state index in [-0.39, 0.29) is 24.9 Å². The number of aromatic nitrogens is 3. The molecule has 9 heteroatoms. The third-order valence-corrected chi connectivity index (χ3v) is 3.62. The molecule has 2 N–H and O–H groups in total. The van der Waals surface area contributed by atoms with Crippen molar-refractivity contribution < 1.29 is 14.1 Å². The Bertz CT molecular complexity index is 980. The zero-order valence-corrected chi connectivity index (χ0v) is 14.3. The first-order valence-electron chi connectivity index (χ1n) is 8.23. The summed E-state index contributed by atoms with van der Waals surface area (Å²) >= 11 is 0. The lowest BCUT2D eigenvalue weighted by atomic mass is 10.2. The number of nitrogens with zero attached hydrogens (tertiary/aromatic N) is 3. The lowest BCUT2D eigenvalue weighted by Crippen LogP contribution is -2.44. The van der Waals surface area contributed by atoms with E-state index in [1.54, 1.807) is 12.1 Å². The Morgan fingerprint density at radius 3 is 2.52 bits per heavy atom. The number of aryl methyl sites for hydroxylation is 1. The number of hydrogen-bond acceptors (Lipinski definition) is 6. The van der Waals surface area contributed by atoms with Crippen LogP contribution < -0.4 is 16.4 Å². The van der Waals surface area contributed by atoms with Crippen molar-refractivity contribution in [2.75, 3.05) is 0 Å². The summed E-state index contributed by atoms with van der Waals surface area (Å²) in [6.07, 6.45) is 1.78. The molecular weight excluding hydrogens is 350 g/mol. The minimum Gasteiger partial charge on any atom is -0.339 e. The molecular formula is C18H17N5O4.